The van der Waals surface area contributed by atoms with E-state index in [0.29, 0.717) is 12.0 Å². The molecule has 0 atom stereocenters. The first-order chi connectivity index (χ1) is 13.9. The highest BCUT2D eigenvalue weighted by Gasteiger charge is 2.19. The Bertz CT molecular complexity index is 1060. The molecule has 0 bridgehead atoms. The van der Waals surface area contributed by atoms with Gasteiger partial charge in [0, 0.05) is 29.9 Å². The number of nitrogens with one attached hydrogen (secondary N) is 1. The Morgan fingerprint density at radius 3 is 2.69 bits per heavy atom. The van der Waals surface area contributed by atoms with Gasteiger partial charge in [-0.15, -0.1) is 0 Å². The molecule has 0 saturated heterocycles. The number of rotatable bonds is 5. The van der Waals surface area contributed by atoms with E-state index in [2.05, 4.69) is 65.8 Å². The van der Waals surface area contributed by atoms with Crippen molar-refractivity contribution in [1.82, 2.24) is 24.5 Å². The number of allylic oxidation sites excluding steroid dienone is 1. The van der Waals surface area contributed by atoms with Crippen LogP contribution in [0.4, 0.5) is 5.95 Å². The molecule has 6 nitrogen and oxygen atoms in total. The Labute approximate surface area is 172 Å². The minimum absolute atomic E-state index is 0.316. The van der Waals surface area contributed by atoms with E-state index in [1.807, 2.05) is 13.1 Å². The van der Waals surface area contributed by atoms with Crippen molar-refractivity contribution < 1.29 is 0 Å². The predicted octanol–water partition coefficient (Wildman–Crippen LogP) is 4.95. The molecule has 0 spiro atoms. The Morgan fingerprint density at radius 1 is 1.10 bits per heavy atom. The van der Waals surface area contributed by atoms with Gasteiger partial charge in [0.15, 0.2) is 5.65 Å². The van der Waals surface area contributed by atoms with Gasteiger partial charge in [0.1, 0.15) is 11.3 Å². The third kappa shape index (κ3) is 3.88. The van der Waals surface area contributed by atoms with Crippen molar-refractivity contribution in [1.29, 1.82) is 0 Å². The van der Waals surface area contributed by atoms with E-state index in [1.54, 1.807) is 0 Å². The molecule has 3 heterocycles. The highest BCUT2D eigenvalue weighted by molar-refractivity contribution is 5.83. The molecule has 3 aromatic heterocycles. The second kappa shape index (κ2) is 7.93. The summed E-state index contributed by atoms with van der Waals surface area (Å²) in [6.07, 6.45) is 7.30. The van der Waals surface area contributed by atoms with Crippen LogP contribution in [-0.4, -0.2) is 31.0 Å². The summed E-state index contributed by atoms with van der Waals surface area (Å²) in [6, 6.07) is 4.47. The van der Waals surface area contributed by atoms with Crippen molar-refractivity contribution in [3.8, 4) is 0 Å². The molecule has 4 rings (SSSR count). The number of hydrogen-bond donors (Lipinski definition) is 1. The molecule has 3 aromatic rings. The zero-order chi connectivity index (χ0) is 20.5. The van der Waals surface area contributed by atoms with E-state index >= 15 is 0 Å². The van der Waals surface area contributed by atoms with Gasteiger partial charge in [0.2, 0.25) is 5.95 Å². The first-order valence-corrected chi connectivity index (χ1v) is 10.6. The van der Waals surface area contributed by atoms with Gasteiger partial charge < -0.3 is 9.88 Å². The molecule has 1 aliphatic rings. The molecule has 0 aromatic carbocycles. The molecule has 0 radical (unpaired) electrons. The van der Waals surface area contributed by atoms with Crippen LogP contribution in [0.2, 0.25) is 0 Å². The second-order valence-electron chi connectivity index (χ2n) is 8.50. The Morgan fingerprint density at radius 2 is 1.93 bits per heavy atom. The summed E-state index contributed by atoms with van der Waals surface area (Å²) in [4.78, 5) is 19.1. The van der Waals surface area contributed by atoms with Crippen LogP contribution < -0.4 is 5.32 Å². The number of pyridine rings is 1. The number of aromatic nitrogens is 5. The number of anilines is 1. The van der Waals surface area contributed by atoms with Crippen molar-refractivity contribution in [3.63, 3.8) is 0 Å². The molecule has 1 N–H and O–H groups in total. The molecule has 0 aliphatic heterocycles. The van der Waals surface area contributed by atoms with Crippen LogP contribution in [0, 0.1) is 12.8 Å². The lowest BCUT2D eigenvalue weighted by molar-refractivity contribution is 0.595. The summed E-state index contributed by atoms with van der Waals surface area (Å²) in [5, 5.41) is 3.35. The SMILES string of the molecule is Cc1nc2ccc(C3=CCCCc4nc(NCC(C)C)ncc43)nc2n1C(C)C. The summed E-state index contributed by atoms with van der Waals surface area (Å²) < 4.78 is 2.20. The van der Waals surface area contributed by atoms with Crippen molar-refractivity contribution in [2.24, 2.45) is 5.92 Å². The third-order valence-corrected chi connectivity index (χ3v) is 5.30. The van der Waals surface area contributed by atoms with Crippen molar-refractivity contribution >= 4 is 22.7 Å². The molecule has 152 valence electrons. The van der Waals surface area contributed by atoms with Crippen LogP contribution in [0.3, 0.4) is 0 Å². The average molecular weight is 391 g/mol. The summed E-state index contributed by atoms with van der Waals surface area (Å²) >= 11 is 0. The lowest BCUT2D eigenvalue weighted by atomic mass is 10.0. The maximum absolute atomic E-state index is 5.02. The fourth-order valence-electron chi connectivity index (χ4n) is 3.94. The summed E-state index contributed by atoms with van der Waals surface area (Å²) in [7, 11) is 0. The highest BCUT2D eigenvalue weighted by atomic mass is 15.1. The van der Waals surface area contributed by atoms with Crippen molar-refractivity contribution in [3.05, 3.63) is 47.2 Å². The largest absolute Gasteiger partial charge is 0.354 e. The van der Waals surface area contributed by atoms with E-state index in [1.165, 1.54) is 0 Å². The summed E-state index contributed by atoms with van der Waals surface area (Å²) in [5.41, 5.74) is 6.18. The summed E-state index contributed by atoms with van der Waals surface area (Å²) in [6.45, 7) is 11.6. The average Bonchev–Trinajstić information content (AvgIpc) is 2.87. The normalized spacial score (nSPS) is 14.2. The standard InChI is InChI=1S/C23H30N6/c1-14(2)12-24-23-25-13-18-17(8-6-7-9-19(18)28-23)20-10-11-21-22(27-20)29(15(3)4)16(5)26-21/h8,10-11,13-15H,6-7,9,12H2,1-5H3,(H,24,25,28). The zero-order valence-electron chi connectivity index (χ0n) is 18.0. The topological polar surface area (TPSA) is 68.5 Å². The minimum Gasteiger partial charge on any atom is -0.354 e. The van der Waals surface area contributed by atoms with Crippen LogP contribution in [0.25, 0.3) is 16.7 Å². The third-order valence-electron chi connectivity index (χ3n) is 5.30. The van der Waals surface area contributed by atoms with Crippen LogP contribution in [0.5, 0.6) is 0 Å². The van der Waals surface area contributed by atoms with Gasteiger partial charge in [-0.05, 0) is 58.1 Å². The second-order valence-corrected chi connectivity index (χ2v) is 8.50. The van der Waals surface area contributed by atoms with Gasteiger partial charge in [0.05, 0.1) is 11.4 Å². The maximum Gasteiger partial charge on any atom is 0.222 e. The molecule has 0 amide bonds. The molecule has 0 unspecified atom stereocenters. The van der Waals surface area contributed by atoms with Crippen LogP contribution >= 0.6 is 0 Å². The minimum atomic E-state index is 0.316. The van der Waals surface area contributed by atoms with Gasteiger partial charge >= 0.3 is 0 Å². The smallest absolute Gasteiger partial charge is 0.222 e. The Hall–Kier alpha value is -2.76. The number of imidazole rings is 1. The Kier molecular flexibility index (Phi) is 5.35. The monoisotopic (exact) mass is 390 g/mol. The van der Waals surface area contributed by atoms with Crippen LogP contribution in [0.15, 0.2) is 24.4 Å². The molecular formula is C23H30N6. The highest BCUT2D eigenvalue weighted by Crippen LogP contribution is 2.31. The lowest BCUT2D eigenvalue weighted by Gasteiger charge is -2.14. The molecule has 29 heavy (non-hydrogen) atoms. The lowest BCUT2D eigenvalue weighted by Crippen LogP contribution is -2.12. The van der Waals surface area contributed by atoms with E-state index < -0.39 is 0 Å². The fraction of sp³-hybridized carbons (Fsp3) is 0.478. The van der Waals surface area contributed by atoms with Gasteiger partial charge in [-0.25, -0.2) is 19.9 Å². The number of fused-ring (bicyclic) bond motifs is 2. The van der Waals surface area contributed by atoms with Gasteiger partial charge in [0.25, 0.3) is 0 Å². The molecule has 6 heteroatoms. The van der Waals surface area contributed by atoms with Gasteiger partial charge in [-0.1, -0.05) is 19.9 Å². The predicted molar refractivity (Wildman–Crippen MR) is 118 cm³/mol. The van der Waals surface area contributed by atoms with Crippen molar-refractivity contribution in [2.75, 3.05) is 11.9 Å². The quantitative estimate of drug-likeness (QED) is 0.668. The first kappa shape index (κ1) is 19.6. The molecule has 1 aliphatic carbocycles. The van der Waals surface area contributed by atoms with Crippen LogP contribution in [-0.2, 0) is 6.42 Å². The zero-order valence-corrected chi connectivity index (χ0v) is 18.0. The number of nitrogens with zero attached hydrogens (tertiary/aromatic N) is 5. The van der Waals surface area contributed by atoms with Crippen LogP contribution in [0.1, 0.15) is 69.4 Å². The molecular weight excluding hydrogens is 360 g/mol. The van der Waals surface area contributed by atoms with Gasteiger partial charge in [-0.2, -0.15) is 0 Å². The number of aryl methyl sites for hydroxylation is 2. The Balaban J connectivity index is 1.76. The van der Waals surface area contributed by atoms with Crippen molar-refractivity contribution in [2.45, 2.75) is 59.9 Å². The van der Waals surface area contributed by atoms with E-state index in [0.717, 1.165) is 71.3 Å². The number of hydrogen-bond acceptors (Lipinski definition) is 5. The first-order valence-electron chi connectivity index (χ1n) is 10.6. The molecule has 0 saturated carbocycles. The van der Waals surface area contributed by atoms with Gasteiger partial charge in [-0.3, -0.25) is 0 Å². The maximum atomic E-state index is 5.02. The van der Waals surface area contributed by atoms with E-state index in [-0.39, 0.29) is 0 Å². The van der Waals surface area contributed by atoms with E-state index in [4.69, 9.17) is 9.97 Å². The molecule has 0 fully saturated rings. The fourth-order valence-corrected chi connectivity index (χ4v) is 3.94. The van der Waals surface area contributed by atoms with E-state index in [9.17, 15) is 0 Å². The summed E-state index contributed by atoms with van der Waals surface area (Å²) in [5.74, 6) is 2.27.